The first kappa shape index (κ1) is 63.5. The van der Waals surface area contributed by atoms with Crippen LogP contribution in [0.3, 0.4) is 0 Å². The van der Waals surface area contributed by atoms with E-state index in [2.05, 4.69) is 37.1 Å². The summed E-state index contributed by atoms with van der Waals surface area (Å²) >= 11 is 1.45. The van der Waals surface area contributed by atoms with Crippen LogP contribution in [0.15, 0.2) is 53.7 Å². The molecule has 0 aliphatic carbocycles. The summed E-state index contributed by atoms with van der Waals surface area (Å²) in [5.74, 6) is -2.36. The van der Waals surface area contributed by atoms with Crippen molar-refractivity contribution < 1.29 is 61.2 Å². The number of hydrogen-bond donors (Lipinski definition) is 4. The fraction of sp³-hybridized carbons (Fsp3) is 0.534. The second-order valence-corrected chi connectivity index (χ2v) is 22.0. The van der Waals surface area contributed by atoms with Gasteiger partial charge >= 0.3 is 0 Å². The van der Waals surface area contributed by atoms with Gasteiger partial charge in [-0.1, -0.05) is 0 Å². The van der Waals surface area contributed by atoms with Crippen LogP contribution in [0.2, 0.25) is 0 Å². The van der Waals surface area contributed by atoms with Crippen molar-refractivity contribution >= 4 is 57.9 Å². The summed E-state index contributed by atoms with van der Waals surface area (Å²) in [6.07, 6.45) is 3.24. The molecule has 456 valence electrons. The Labute approximate surface area is 495 Å². The molecule has 5 N–H and O–H groups in total. The Morgan fingerprint density at radius 1 is 0.918 bits per heavy atom. The van der Waals surface area contributed by atoms with E-state index in [1.807, 2.05) is 0 Å². The predicted molar refractivity (Wildman–Crippen MR) is 308 cm³/mol. The molecule has 4 aliphatic heterocycles. The topological polar surface area (TPSA) is 300 Å². The van der Waals surface area contributed by atoms with Crippen molar-refractivity contribution in [3.8, 4) is 23.2 Å². The number of hydrogen-bond acceptors (Lipinski definition) is 19. The first-order valence-electron chi connectivity index (χ1n) is 28.5. The van der Waals surface area contributed by atoms with Gasteiger partial charge in [0, 0.05) is 62.1 Å². The van der Waals surface area contributed by atoms with Crippen molar-refractivity contribution in [2.75, 3.05) is 105 Å². The summed E-state index contributed by atoms with van der Waals surface area (Å²) in [5, 5.41) is 24.1. The number of ether oxygens (including phenoxy) is 5. The number of carbonyl (C=O) groups excluding carboxylic acids is 6. The van der Waals surface area contributed by atoms with Crippen LogP contribution in [-0.2, 0) is 51.2 Å². The van der Waals surface area contributed by atoms with Crippen LogP contribution >= 0.6 is 11.8 Å². The van der Waals surface area contributed by atoms with E-state index in [-0.39, 0.29) is 141 Å². The lowest BCUT2D eigenvalue weighted by Crippen LogP contribution is -2.58. The third-order valence-corrected chi connectivity index (χ3v) is 16.4. The Morgan fingerprint density at radius 3 is 2.27 bits per heavy atom. The van der Waals surface area contributed by atoms with Gasteiger partial charge in [-0.3, -0.25) is 38.4 Å². The second-order valence-electron chi connectivity index (χ2n) is 21.0. The Balaban J connectivity index is 0.685. The van der Waals surface area contributed by atoms with Crippen molar-refractivity contribution in [3.05, 3.63) is 88.4 Å². The van der Waals surface area contributed by atoms with Crippen molar-refractivity contribution in [3.63, 3.8) is 0 Å². The van der Waals surface area contributed by atoms with Crippen LogP contribution in [0.4, 0.5) is 14.6 Å². The second kappa shape index (κ2) is 30.6. The van der Waals surface area contributed by atoms with Crippen LogP contribution in [0, 0.1) is 28.9 Å². The number of nitrogens with zero attached hydrogens (tertiary/aromatic N) is 9. The molecular formula is C58H73F2N13O11S. The molecule has 0 saturated carbocycles. The summed E-state index contributed by atoms with van der Waals surface area (Å²) in [4.78, 5) is 99.2. The zero-order chi connectivity index (χ0) is 60.6. The predicted octanol–water partition coefficient (Wildman–Crippen LogP) is 3.48. The number of rotatable bonds is 26. The number of nitriles is 1. The zero-order valence-electron chi connectivity index (χ0n) is 48.2. The summed E-state index contributed by atoms with van der Waals surface area (Å²) in [7, 11) is 3.25. The fourth-order valence-electron chi connectivity index (χ4n) is 10.5. The van der Waals surface area contributed by atoms with Crippen molar-refractivity contribution in [2.45, 2.75) is 95.7 Å². The SMILES string of the molecule is CN[C@@H](C)C(=O)N[C@H](C(=O)N1CCC[C@H]1C1=NC(C(=O)c2ccc(F)cc2)CS1)C1CCN(C(=O)CCOCCOCCOCCOCCC(=O)NCCn2nc(C#N)c3c2CN(C)C(=O)c2ccc(F)cc2[C@@H](C)Oc2nc-3cnc2N)CC1. The monoisotopic (exact) mass is 1200 g/mol. The molecule has 2 aromatic heterocycles. The van der Waals surface area contributed by atoms with Gasteiger partial charge in [-0.15, -0.1) is 11.8 Å². The number of amides is 5. The number of fused-ring (bicyclic) bond motifs is 5. The first-order valence-corrected chi connectivity index (χ1v) is 29.5. The molecule has 8 rings (SSSR count). The van der Waals surface area contributed by atoms with Gasteiger partial charge in [-0.25, -0.2) is 18.7 Å². The van der Waals surface area contributed by atoms with Crippen molar-refractivity contribution in [2.24, 2.45) is 10.9 Å². The Bertz CT molecular complexity index is 3100. The molecule has 5 amide bonds. The number of likely N-dealkylation sites (N-methyl/N-ethyl adjacent to an activating group) is 1. The number of Topliss-reactive ketones (excluding diaryl/α,β-unsaturated/α-hetero) is 1. The highest BCUT2D eigenvalue weighted by molar-refractivity contribution is 8.14. The van der Waals surface area contributed by atoms with Crippen LogP contribution in [0.25, 0.3) is 11.3 Å². The lowest BCUT2D eigenvalue weighted by atomic mass is 9.88. The third-order valence-electron chi connectivity index (χ3n) is 15.3. The van der Waals surface area contributed by atoms with Gasteiger partial charge in [0.05, 0.1) is 113 Å². The van der Waals surface area contributed by atoms with Crippen LogP contribution < -0.4 is 26.4 Å². The van der Waals surface area contributed by atoms with E-state index in [4.69, 9.17) is 34.4 Å². The molecule has 2 aromatic carbocycles. The maximum absolute atomic E-state index is 14.5. The average Bonchev–Trinajstić information content (AvgIpc) is 3.86. The van der Waals surface area contributed by atoms with Crippen LogP contribution in [0.1, 0.15) is 96.1 Å². The summed E-state index contributed by atoms with van der Waals surface area (Å²) in [6, 6.07) is 8.99. The van der Waals surface area contributed by atoms with Crippen molar-refractivity contribution in [1.82, 2.24) is 50.4 Å². The molecule has 0 spiro atoms. The number of likely N-dealkylation sites (tertiary alicyclic amines) is 2. The number of aliphatic imine (C=N–C) groups is 1. The van der Waals surface area contributed by atoms with Gasteiger partial charge in [0.1, 0.15) is 35.9 Å². The molecule has 6 heterocycles. The van der Waals surface area contributed by atoms with Gasteiger partial charge < -0.3 is 60.1 Å². The summed E-state index contributed by atoms with van der Waals surface area (Å²) in [5.41, 5.74) is 7.97. The van der Waals surface area contributed by atoms with E-state index in [9.17, 15) is 42.8 Å². The Morgan fingerprint density at radius 2 is 1.59 bits per heavy atom. The molecule has 2 saturated heterocycles. The highest BCUT2D eigenvalue weighted by atomic mass is 32.2. The molecule has 4 aromatic rings. The number of anilines is 1. The molecule has 2 bridgehead atoms. The van der Waals surface area contributed by atoms with E-state index in [1.54, 1.807) is 37.7 Å². The fourth-order valence-corrected chi connectivity index (χ4v) is 11.7. The number of thioether (sulfide) groups is 1. The molecule has 0 radical (unpaired) electrons. The smallest absolute Gasteiger partial charge is 0.258 e. The number of nitrogens with one attached hydrogen (secondary N) is 3. The Hall–Kier alpha value is -7.48. The van der Waals surface area contributed by atoms with E-state index in [0.29, 0.717) is 86.3 Å². The van der Waals surface area contributed by atoms with Crippen LogP contribution in [-0.4, -0.2) is 198 Å². The largest absolute Gasteiger partial charge is 0.467 e. The van der Waals surface area contributed by atoms with Gasteiger partial charge in [0.15, 0.2) is 17.3 Å². The highest BCUT2D eigenvalue weighted by Gasteiger charge is 2.43. The summed E-state index contributed by atoms with van der Waals surface area (Å²) < 4.78 is 58.0. The molecule has 27 heteroatoms. The minimum absolute atomic E-state index is 0.0119. The van der Waals surface area contributed by atoms with Gasteiger partial charge in [0.25, 0.3) is 11.8 Å². The normalized spacial score (nSPS) is 18.7. The minimum atomic E-state index is -0.839. The highest BCUT2D eigenvalue weighted by Crippen LogP contribution is 2.35. The molecule has 24 nitrogen and oxygen atoms in total. The quantitative estimate of drug-likeness (QED) is 0.0517. The van der Waals surface area contributed by atoms with Gasteiger partial charge in [-0.2, -0.15) is 10.4 Å². The molecule has 85 heavy (non-hydrogen) atoms. The Kier molecular flexibility index (Phi) is 22.8. The van der Waals surface area contributed by atoms with E-state index >= 15 is 0 Å². The number of benzene rings is 2. The summed E-state index contributed by atoms with van der Waals surface area (Å²) in [6.45, 7) is 6.99. The first-order chi connectivity index (χ1) is 41.0. The number of nitrogens with two attached hydrogens (primary N) is 1. The maximum Gasteiger partial charge on any atom is 0.258 e. The lowest BCUT2D eigenvalue weighted by Gasteiger charge is -2.38. The molecule has 2 fully saturated rings. The van der Waals surface area contributed by atoms with Crippen molar-refractivity contribution in [1.29, 1.82) is 5.26 Å². The molecule has 1 unspecified atom stereocenters. The average molecular weight is 1200 g/mol. The minimum Gasteiger partial charge on any atom is -0.467 e. The van der Waals surface area contributed by atoms with Gasteiger partial charge in [0.2, 0.25) is 23.6 Å². The number of aromatic nitrogens is 4. The standard InChI is InChI=1S/C58H73F2N13O11S/c1-35(63-3)54(77)68-51(58(79)72-18-5-6-46(72)56-67-45(34-85-56)52(76)38-7-9-39(59)10-8-38)37-13-19-71(20-14-37)49(75)16-23-81-25-27-83-29-28-82-26-24-80-22-15-48(74)64-17-21-73-47-33-70(4)57(78)41-12-11-40(60)30-42(41)36(2)84-55-53(62)65-32-44(66-55)50(47)43(31-61)69-73/h7-12,30,32,35-37,45-46,51,63H,5-6,13-29,33-34H2,1-4H3,(H2,62,65)(H,64,74)(H,68,77)/t35-,36+,45?,46-,51-/m0/s1. The zero-order valence-corrected chi connectivity index (χ0v) is 49.0. The van der Waals surface area contributed by atoms with Gasteiger partial charge in [-0.05, 0) is 95.0 Å². The number of nitrogen functional groups attached to an aromatic ring is 1. The molecule has 4 aliphatic rings. The third kappa shape index (κ3) is 16.5. The molecule has 5 atom stereocenters. The number of halogens is 2. The van der Waals surface area contributed by atoms with E-state index in [0.717, 1.165) is 6.42 Å². The van der Waals surface area contributed by atoms with Crippen LogP contribution in [0.5, 0.6) is 5.88 Å². The lowest BCUT2D eigenvalue weighted by molar-refractivity contribution is -0.140. The van der Waals surface area contributed by atoms with E-state index in [1.165, 1.54) is 70.0 Å². The number of ketones is 1. The molecular weight excluding hydrogens is 1120 g/mol. The van der Waals surface area contributed by atoms with E-state index < -0.39 is 41.8 Å². The number of carbonyl (C=O) groups is 6. The maximum atomic E-state index is 14.5. The number of piperidine rings is 1.